The van der Waals surface area contributed by atoms with Crippen LogP contribution in [0.3, 0.4) is 0 Å². The Balaban J connectivity index is 1.57. The predicted octanol–water partition coefficient (Wildman–Crippen LogP) is 5.47. The number of likely N-dealkylation sites (tertiary alicyclic amines) is 1. The Hall–Kier alpha value is -2.86. The van der Waals surface area contributed by atoms with Gasteiger partial charge in [0.1, 0.15) is 5.60 Å². The van der Waals surface area contributed by atoms with Crippen LogP contribution in [0.4, 0.5) is 0 Å². The first-order valence-electron chi connectivity index (χ1n) is 10.9. The van der Waals surface area contributed by atoms with Crippen molar-refractivity contribution in [3.05, 3.63) is 96.1 Å². The van der Waals surface area contributed by atoms with Crippen molar-refractivity contribution in [1.82, 2.24) is 4.90 Å². The minimum Gasteiger partial charge on any atom is -0.379 e. The Kier molecular flexibility index (Phi) is 6.64. The summed E-state index contributed by atoms with van der Waals surface area (Å²) in [6, 6.07) is 28.4. The van der Waals surface area contributed by atoms with E-state index in [1.807, 2.05) is 60.7 Å². The third-order valence-electron chi connectivity index (χ3n) is 5.94. The molecule has 0 saturated carbocycles. The minimum absolute atomic E-state index is 0.384. The summed E-state index contributed by atoms with van der Waals surface area (Å²) in [5.41, 5.74) is 2.95. The van der Waals surface area contributed by atoms with Gasteiger partial charge in [-0.15, -0.1) is 0 Å². The second-order valence-corrected chi connectivity index (χ2v) is 8.04. The quantitative estimate of drug-likeness (QED) is 0.579. The van der Waals surface area contributed by atoms with E-state index in [9.17, 15) is 5.11 Å². The van der Waals surface area contributed by atoms with Crippen molar-refractivity contribution in [2.24, 2.45) is 0 Å². The molecule has 1 aliphatic rings. The monoisotopic (exact) mass is 395 g/mol. The molecule has 3 aromatic rings. The first-order valence-corrected chi connectivity index (χ1v) is 10.9. The molecule has 1 N–H and O–H groups in total. The van der Waals surface area contributed by atoms with Gasteiger partial charge in [0, 0.05) is 6.42 Å². The van der Waals surface area contributed by atoms with Gasteiger partial charge >= 0.3 is 0 Å². The lowest BCUT2D eigenvalue weighted by Crippen LogP contribution is -2.30. The van der Waals surface area contributed by atoms with Gasteiger partial charge in [-0.2, -0.15) is 0 Å². The van der Waals surface area contributed by atoms with E-state index < -0.39 is 5.60 Å². The van der Waals surface area contributed by atoms with Gasteiger partial charge in [0.15, 0.2) is 0 Å². The molecule has 0 amide bonds. The number of benzene rings is 3. The van der Waals surface area contributed by atoms with Crippen LogP contribution in [0.5, 0.6) is 0 Å². The molecule has 1 aliphatic heterocycles. The average molecular weight is 396 g/mol. The topological polar surface area (TPSA) is 23.5 Å². The zero-order chi connectivity index (χ0) is 20.7. The Morgan fingerprint density at radius 2 is 1.23 bits per heavy atom. The van der Waals surface area contributed by atoms with Crippen LogP contribution in [0.15, 0.2) is 84.9 Å². The van der Waals surface area contributed by atoms with Gasteiger partial charge in [0.05, 0.1) is 6.54 Å². The second kappa shape index (κ2) is 9.76. The van der Waals surface area contributed by atoms with E-state index in [1.54, 1.807) is 0 Å². The maximum Gasteiger partial charge on any atom is 0.125 e. The molecule has 0 bridgehead atoms. The van der Waals surface area contributed by atoms with E-state index >= 15 is 0 Å². The summed E-state index contributed by atoms with van der Waals surface area (Å²) < 4.78 is 0. The maximum atomic E-state index is 11.7. The van der Waals surface area contributed by atoms with Gasteiger partial charge < -0.3 is 5.11 Å². The van der Waals surface area contributed by atoms with Crippen molar-refractivity contribution in [3.8, 4) is 23.0 Å². The van der Waals surface area contributed by atoms with Gasteiger partial charge in [0.25, 0.3) is 0 Å². The standard InChI is InChI=1S/C28H29NO/c30-28(26-14-6-2-7-15-26,20-8-11-23-29-21-9-3-10-22-29)27-18-16-25(17-19-27)24-12-4-1-5-13-24/h1-2,4-7,12-19,30H,3,9-10,20-23H2/t28-/m0/s1. The summed E-state index contributed by atoms with van der Waals surface area (Å²) in [6.07, 6.45) is 4.25. The number of aliphatic hydroxyl groups is 1. The first-order chi connectivity index (χ1) is 14.8. The van der Waals surface area contributed by atoms with E-state index in [4.69, 9.17) is 0 Å². The van der Waals surface area contributed by atoms with Crippen molar-refractivity contribution in [3.63, 3.8) is 0 Å². The zero-order valence-corrected chi connectivity index (χ0v) is 17.4. The Bertz CT molecular complexity index is 980. The number of hydrogen-bond donors (Lipinski definition) is 1. The van der Waals surface area contributed by atoms with Crippen LogP contribution in [0.1, 0.15) is 36.8 Å². The lowest BCUT2D eigenvalue weighted by Gasteiger charge is -2.28. The minimum atomic E-state index is -1.12. The molecule has 3 aromatic carbocycles. The Morgan fingerprint density at radius 1 is 0.667 bits per heavy atom. The summed E-state index contributed by atoms with van der Waals surface area (Å²) in [6.45, 7) is 3.06. The van der Waals surface area contributed by atoms with Crippen molar-refractivity contribution in [1.29, 1.82) is 0 Å². The number of piperidine rings is 1. The molecular formula is C28H29NO. The molecule has 1 atom stereocenters. The van der Waals surface area contributed by atoms with Crippen LogP contribution < -0.4 is 0 Å². The van der Waals surface area contributed by atoms with E-state index in [-0.39, 0.29) is 0 Å². The van der Waals surface area contributed by atoms with Gasteiger partial charge in [-0.25, -0.2) is 0 Å². The summed E-state index contributed by atoms with van der Waals surface area (Å²) in [5.74, 6) is 6.58. The van der Waals surface area contributed by atoms with Crippen molar-refractivity contribution in [2.75, 3.05) is 19.6 Å². The third kappa shape index (κ3) is 4.82. The van der Waals surface area contributed by atoms with Crippen LogP contribution in [0, 0.1) is 11.8 Å². The number of hydrogen-bond acceptors (Lipinski definition) is 2. The fraction of sp³-hybridized carbons (Fsp3) is 0.286. The lowest BCUT2D eigenvalue weighted by atomic mass is 9.83. The SMILES string of the molecule is O[C@@](CC#CCN1CCCCC1)(c1ccccc1)c1ccc(-c2ccccc2)cc1. The van der Waals surface area contributed by atoms with E-state index in [0.717, 1.165) is 36.3 Å². The molecule has 0 unspecified atom stereocenters. The molecule has 0 radical (unpaired) electrons. The lowest BCUT2D eigenvalue weighted by molar-refractivity contribution is 0.0865. The summed E-state index contributed by atoms with van der Waals surface area (Å²) in [7, 11) is 0. The van der Waals surface area contributed by atoms with Crippen LogP contribution in [-0.4, -0.2) is 29.6 Å². The predicted molar refractivity (Wildman–Crippen MR) is 124 cm³/mol. The molecule has 0 spiro atoms. The first kappa shape index (κ1) is 20.4. The number of nitrogens with zero attached hydrogens (tertiary/aromatic N) is 1. The zero-order valence-electron chi connectivity index (χ0n) is 17.4. The fourth-order valence-electron chi connectivity index (χ4n) is 4.13. The highest BCUT2D eigenvalue weighted by Gasteiger charge is 2.30. The molecule has 1 fully saturated rings. The van der Waals surface area contributed by atoms with Gasteiger partial charge in [-0.05, 0) is 48.2 Å². The Morgan fingerprint density at radius 3 is 1.90 bits per heavy atom. The molecule has 2 nitrogen and oxygen atoms in total. The highest BCUT2D eigenvalue weighted by atomic mass is 16.3. The van der Waals surface area contributed by atoms with E-state index in [1.165, 1.54) is 24.8 Å². The van der Waals surface area contributed by atoms with Crippen LogP contribution in [-0.2, 0) is 5.60 Å². The van der Waals surface area contributed by atoms with Crippen LogP contribution in [0.25, 0.3) is 11.1 Å². The van der Waals surface area contributed by atoms with Gasteiger partial charge in [-0.3, -0.25) is 4.90 Å². The van der Waals surface area contributed by atoms with Gasteiger partial charge in [0.2, 0.25) is 0 Å². The molecule has 2 heteroatoms. The maximum absolute atomic E-state index is 11.7. The fourth-order valence-corrected chi connectivity index (χ4v) is 4.13. The van der Waals surface area contributed by atoms with Gasteiger partial charge in [-0.1, -0.05) is 103 Å². The number of rotatable bonds is 5. The second-order valence-electron chi connectivity index (χ2n) is 8.04. The largest absolute Gasteiger partial charge is 0.379 e. The summed E-state index contributed by atoms with van der Waals surface area (Å²) in [5, 5.41) is 11.7. The molecule has 4 rings (SSSR count). The summed E-state index contributed by atoms with van der Waals surface area (Å²) >= 11 is 0. The molecule has 1 saturated heterocycles. The van der Waals surface area contributed by atoms with Crippen molar-refractivity contribution < 1.29 is 5.11 Å². The van der Waals surface area contributed by atoms with E-state index in [2.05, 4.69) is 41.0 Å². The van der Waals surface area contributed by atoms with Crippen LogP contribution >= 0.6 is 0 Å². The Labute approximate surface area is 180 Å². The molecule has 30 heavy (non-hydrogen) atoms. The van der Waals surface area contributed by atoms with Crippen LogP contribution in [0.2, 0.25) is 0 Å². The van der Waals surface area contributed by atoms with E-state index in [0.29, 0.717) is 6.42 Å². The molecule has 152 valence electrons. The molecular weight excluding hydrogens is 366 g/mol. The highest BCUT2D eigenvalue weighted by Crippen LogP contribution is 2.34. The summed E-state index contributed by atoms with van der Waals surface area (Å²) in [4.78, 5) is 2.41. The molecule has 0 aliphatic carbocycles. The molecule has 0 aromatic heterocycles. The van der Waals surface area contributed by atoms with Crippen molar-refractivity contribution >= 4 is 0 Å². The van der Waals surface area contributed by atoms with Crippen molar-refractivity contribution in [2.45, 2.75) is 31.3 Å². The average Bonchev–Trinajstić information content (AvgIpc) is 2.83. The highest BCUT2D eigenvalue weighted by molar-refractivity contribution is 5.64. The smallest absolute Gasteiger partial charge is 0.125 e. The molecule has 1 heterocycles. The normalized spacial score (nSPS) is 16.3. The third-order valence-corrected chi connectivity index (χ3v) is 5.94.